The minimum atomic E-state index is -3.75. The molecule has 0 spiro atoms. The zero-order chi connectivity index (χ0) is 19.4. The number of halogens is 1. The molecule has 0 unspecified atom stereocenters. The standard InChI is InChI=1S/C16H25ClN2O5S/c1-11(18-15(20)24-16(2,3)4)10-19(5)25(21,22)12-7-8-14(23-6)13(17)9-12/h7-9,11H,10H2,1-6H3,(H,18,20)/t11-/m1/s1. The molecular weight excluding hydrogens is 368 g/mol. The third kappa shape index (κ3) is 6.37. The molecule has 1 N–H and O–H groups in total. The molecule has 9 heteroatoms. The second-order valence-electron chi connectivity index (χ2n) is 6.63. The van der Waals surface area contributed by atoms with Gasteiger partial charge in [0.2, 0.25) is 10.0 Å². The Balaban J connectivity index is 2.79. The fraction of sp³-hybridized carbons (Fsp3) is 0.562. The van der Waals surface area contributed by atoms with Gasteiger partial charge in [-0.25, -0.2) is 13.2 Å². The van der Waals surface area contributed by atoms with Crippen LogP contribution >= 0.6 is 11.6 Å². The number of benzene rings is 1. The van der Waals surface area contributed by atoms with Crippen LogP contribution in [0.4, 0.5) is 4.79 Å². The van der Waals surface area contributed by atoms with Crippen molar-refractivity contribution >= 4 is 27.7 Å². The number of rotatable bonds is 6. The van der Waals surface area contributed by atoms with Crippen LogP contribution in [-0.4, -0.2) is 51.2 Å². The molecule has 1 atom stereocenters. The van der Waals surface area contributed by atoms with Crippen LogP contribution in [0.15, 0.2) is 23.1 Å². The molecule has 0 heterocycles. The fourth-order valence-corrected chi connectivity index (χ4v) is 3.63. The van der Waals surface area contributed by atoms with Crippen molar-refractivity contribution in [2.75, 3.05) is 20.7 Å². The highest BCUT2D eigenvalue weighted by Gasteiger charge is 2.25. The minimum Gasteiger partial charge on any atom is -0.495 e. The lowest BCUT2D eigenvalue weighted by atomic mass is 10.2. The van der Waals surface area contributed by atoms with Crippen molar-refractivity contribution in [2.45, 2.75) is 44.2 Å². The molecule has 7 nitrogen and oxygen atoms in total. The normalized spacial score (nSPS) is 13.4. The van der Waals surface area contributed by atoms with Gasteiger partial charge in [0.25, 0.3) is 0 Å². The summed E-state index contributed by atoms with van der Waals surface area (Å²) in [4.78, 5) is 11.8. The summed E-state index contributed by atoms with van der Waals surface area (Å²) in [5.74, 6) is 0.392. The molecule has 0 saturated heterocycles. The number of hydrogen-bond donors (Lipinski definition) is 1. The Labute approximate surface area is 154 Å². The average Bonchev–Trinajstić information content (AvgIpc) is 2.44. The average molecular weight is 393 g/mol. The summed E-state index contributed by atoms with van der Waals surface area (Å²) < 4.78 is 36.6. The third-order valence-corrected chi connectivity index (χ3v) is 5.24. The Bertz CT molecular complexity index is 716. The van der Waals surface area contributed by atoms with Crippen molar-refractivity contribution in [3.05, 3.63) is 23.2 Å². The first-order valence-electron chi connectivity index (χ1n) is 7.66. The summed E-state index contributed by atoms with van der Waals surface area (Å²) in [5.41, 5.74) is -0.623. The second-order valence-corrected chi connectivity index (χ2v) is 9.08. The van der Waals surface area contributed by atoms with Crippen LogP contribution in [-0.2, 0) is 14.8 Å². The van der Waals surface area contributed by atoms with Gasteiger partial charge in [-0.3, -0.25) is 0 Å². The summed E-state index contributed by atoms with van der Waals surface area (Å²) in [6, 6.07) is 3.80. The molecular formula is C16H25ClN2O5S. The number of nitrogens with one attached hydrogen (secondary N) is 1. The van der Waals surface area contributed by atoms with E-state index in [0.29, 0.717) is 5.75 Å². The Morgan fingerprint density at radius 2 is 1.96 bits per heavy atom. The van der Waals surface area contributed by atoms with Crippen LogP contribution in [0.1, 0.15) is 27.7 Å². The number of sulfonamides is 1. The topological polar surface area (TPSA) is 84.9 Å². The smallest absolute Gasteiger partial charge is 0.407 e. The van der Waals surface area contributed by atoms with Gasteiger partial charge in [0, 0.05) is 19.6 Å². The molecule has 25 heavy (non-hydrogen) atoms. The number of methoxy groups -OCH3 is 1. The summed E-state index contributed by atoms with van der Waals surface area (Å²) in [6.07, 6.45) is -0.599. The highest BCUT2D eigenvalue weighted by molar-refractivity contribution is 7.89. The minimum absolute atomic E-state index is 0.0465. The molecule has 1 aromatic rings. The van der Waals surface area contributed by atoms with E-state index >= 15 is 0 Å². The maximum Gasteiger partial charge on any atom is 0.407 e. The van der Waals surface area contributed by atoms with Gasteiger partial charge in [-0.2, -0.15) is 4.31 Å². The molecule has 0 aromatic heterocycles. The maximum absolute atomic E-state index is 12.6. The van der Waals surface area contributed by atoms with E-state index in [-0.39, 0.29) is 16.5 Å². The highest BCUT2D eigenvalue weighted by Crippen LogP contribution is 2.28. The molecule has 0 aliphatic carbocycles. The van der Waals surface area contributed by atoms with Crippen molar-refractivity contribution in [1.29, 1.82) is 0 Å². The SMILES string of the molecule is COc1ccc(S(=O)(=O)N(C)C[C@@H](C)NC(=O)OC(C)(C)C)cc1Cl. The van der Waals surface area contributed by atoms with Crippen molar-refractivity contribution in [1.82, 2.24) is 9.62 Å². The predicted octanol–water partition coefficient (Wildman–Crippen LogP) is 2.88. The molecule has 0 radical (unpaired) electrons. The predicted molar refractivity (Wildman–Crippen MR) is 96.7 cm³/mol. The summed E-state index contributed by atoms with van der Waals surface area (Å²) in [6.45, 7) is 7.02. The number of amides is 1. The number of likely N-dealkylation sites (N-methyl/N-ethyl adjacent to an activating group) is 1. The molecule has 0 aliphatic rings. The van der Waals surface area contributed by atoms with Gasteiger partial charge >= 0.3 is 6.09 Å². The first-order valence-corrected chi connectivity index (χ1v) is 9.48. The van der Waals surface area contributed by atoms with E-state index in [4.69, 9.17) is 21.1 Å². The van der Waals surface area contributed by atoms with Crippen LogP contribution in [0.3, 0.4) is 0 Å². The quantitative estimate of drug-likeness (QED) is 0.804. The maximum atomic E-state index is 12.6. The zero-order valence-corrected chi connectivity index (χ0v) is 16.9. The van der Waals surface area contributed by atoms with E-state index in [1.165, 1.54) is 32.4 Å². The fourth-order valence-electron chi connectivity index (χ4n) is 2.03. The van der Waals surface area contributed by atoms with Gasteiger partial charge in [0.15, 0.2) is 0 Å². The molecule has 1 amide bonds. The first-order chi connectivity index (χ1) is 11.4. The van der Waals surface area contributed by atoms with Crippen LogP contribution < -0.4 is 10.1 Å². The van der Waals surface area contributed by atoms with E-state index in [0.717, 1.165) is 4.31 Å². The molecule has 1 rings (SSSR count). The van der Waals surface area contributed by atoms with E-state index in [9.17, 15) is 13.2 Å². The van der Waals surface area contributed by atoms with Crippen LogP contribution in [0.5, 0.6) is 5.75 Å². The third-order valence-electron chi connectivity index (χ3n) is 3.13. The molecule has 0 saturated carbocycles. The van der Waals surface area contributed by atoms with Crippen molar-refractivity contribution in [3.63, 3.8) is 0 Å². The Morgan fingerprint density at radius 3 is 2.44 bits per heavy atom. The second kappa shape index (κ2) is 8.25. The molecule has 1 aromatic carbocycles. The lowest BCUT2D eigenvalue weighted by Crippen LogP contribution is -2.44. The largest absolute Gasteiger partial charge is 0.495 e. The van der Waals surface area contributed by atoms with E-state index in [2.05, 4.69) is 5.32 Å². The van der Waals surface area contributed by atoms with Gasteiger partial charge in [-0.15, -0.1) is 0 Å². The van der Waals surface area contributed by atoms with Crippen LogP contribution in [0.2, 0.25) is 5.02 Å². The lowest BCUT2D eigenvalue weighted by Gasteiger charge is -2.24. The number of carbonyl (C=O) groups is 1. The van der Waals surface area contributed by atoms with E-state index < -0.39 is 27.8 Å². The molecule has 142 valence electrons. The molecule has 0 fully saturated rings. The Hall–Kier alpha value is -1.51. The van der Waals surface area contributed by atoms with Gasteiger partial charge in [0.1, 0.15) is 11.4 Å². The van der Waals surface area contributed by atoms with E-state index in [1.807, 2.05) is 0 Å². The van der Waals surface area contributed by atoms with Crippen molar-refractivity contribution in [3.8, 4) is 5.75 Å². The first kappa shape index (κ1) is 21.5. The van der Waals surface area contributed by atoms with Crippen molar-refractivity contribution in [2.24, 2.45) is 0 Å². The van der Waals surface area contributed by atoms with Crippen LogP contribution in [0.25, 0.3) is 0 Å². The van der Waals surface area contributed by atoms with Crippen molar-refractivity contribution < 1.29 is 22.7 Å². The van der Waals surface area contributed by atoms with E-state index in [1.54, 1.807) is 27.7 Å². The van der Waals surface area contributed by atoms with Crippen LogP contribution in [0, 0.1) is 0 Å². The van der Waals surface area contributed by atoms with Gasteiger partial charge in [-0.1, -0.05) is 11.6 Å². The number of alkyl carbamates (subject to hydrolysis) is 1. The number of hydrogen-bond acceptors (Lipinski definition) is 5. The van der Waals surface area contributed by atoms with Gasteiger partial charge in [-0.05, 0) is 45.9 Å². The Kier molecular flexibility index (Phi) is 7.10. The number of carbonyl (C=O) groups excluding carboxylic acids is 1. The molecule has 0 bridgehead atoms. The number of ether oxygens (including phenoxy) is 2. The van der Waals surface area contributed by atoms with Gasteiger partial charge < -0.3 is 14.8 Å². The monoisotopic (exact) mass is 392 g/mol. The zero-order valence-electron chi connectivity index (χ0n) is 15.3. The van der Waals surface area contributed by atoms with Gasteiger partial charge in [0.05, 0.1) is 17.0 Å². The summed E-state index contributed by atoms with van der Waals surface area (Å²) in [5, 5.41) is 2.81. The lowest BCUT2D eigenvalue weighted by molar-refractivity contribution is 0.0504. The highest BCUT2D eigenvalue weighted by atomic mass is 35.5. The Morgan fingerprint density at radius 1 is 1.36 bits per heavy atom. The summed E-state index contributed by atoms with van der Waals surface area (Å²) >= 11 is 5.99. The number of nitrogens with zero attached hydrogens (tertiary/aromatic N) is 1. The molecule has 0 aliphatic heterocycles. The summed E-state index contributed by atoms with van der Waals surface area (Å²) in [7, 11) is -0.870.